The molecule has 0 unspecified atom stereocenters. The number of carbonyl (C=O) groups excluding carboxylic acids is 2. The second kappa shape index (κ2) is 8.57. The Morgan fingerprint density at radius 3 is 1.62 bits per heavy atom. The van der Waals surface area contributed by atoms with Crippen molar-refractivity contribution < 1.29 is 29.0 Å². The molecule has 0 saturated carbocycles. The molecule has 0 aromatic heterocycles. The summed E-state index contributed by atoms with van der Waals surface area (Å²) >= 11 is 0. The summed E-state index contributed by atoms with van der Waals surface area (Å²) in [5.41, 5.74) is -1.28. The van der Waals surface area contributed by atoms with Crippen LogP contribution < -0.4 is 10.6 Å². The smallest absolute Gasteiger partial charge is 0.407 e. The van der Waals surface area contributed by atoms with Gasteiger partial charge in [0.2, 0.25) is 0 Å². The highest BCUT2D eigenvalue weighted by Gasteiger charge is 2.36. The molecule has 150 valence electrons. The van der Waals surface area contributed by atoms with Crippen LogP contribution in [0.1, 0.15) is 48.0 Å². The number of carboxylic acids is 1. The van der Waals surface area contributed by atoms with Gasteiger partial charge in [0.05, 0.1) is 18.5 Å². The molecule has 3 N–H and O–H groups in total. The number of ether oxygens (including phenoxy) is 2. The molecule has 0 aliphatic carbocycles. The van der Waals surface area contributed by atoms with Gasteiger partial charge in [0.1, 0.15) is 11.2 Å². The van der Waals surface area contributed by atoms with E-state index in [0.29, 0.717) is 19.6 Å². The fourth-order valence-corrected chi connectivity index (χ4v) is 2.53. The molecule has 1 saturated heterocycles. The van der Waals surface area contributed by atoms with E-state index in [1.165, 1.54) is 0 Å². The molecule has 1 rings (SSSR count). The van der Waals surface area contributed by atoms with E-state index in [2.05, 4.69) is 10.6 Å². The molecule has 0 aromatic carbocycles. The van der Waals surface area contributed by atoms with Crippen LogP contribution in [0.3, 0.4) is 0 Å². The average molecular weight is 373 g/mol. The van der Waals surface area contributed by atoms with Crippen LogP contribution in [0.4, 0.5) is 9.59 Å². The quantitative estimate of drug-likeness (QED) is 0.669. The standard InChI is InChI=1S/C17H31N3O6/c1-16(2,3)25-14(23)18-11-9-20(8-7-13(21)22)10-12(11)19-15(24)26-17(4,5)6/h11-12H,7-10H2,1-6H3,(H,18,23)(H,19,24)(H,21,22)/t11-,12-/m1/s1. The molecule has 9 nitrogen and oxygen atoms in total. The van der Waals surface area contributed by atoms with Crippen LogP contribution in [0.2, 0.25) is 0 Å². The Bertz CT molecular complexity index is 486. The first-order valence-corrected chi connectivity index (χ1v) is 8.68. The van der Waals surface area contributed by atoms with Gasteiger partial charge in [-0.25, -0.2) is 9.59 Å². The predicted octanol–water partition coefficient (Wildman–Crippen LogP) is 1.56. The summed E-state index contributed by atoms with van der Waals surface area (Å²) in [6, 6.07) is -0.822. The summed E-state index contributed by atoms with van der Waals surface area (Å²) in [5.74, 6) is -0.898. The first kappa shape index (κ1) is 22.0. The zero-order chi connectivity index (χ0) is 20.1. The molecule has 1 aliphatic heterocycles. The number of rotatable bonds is 5. The van der Waals surface area contributed by atoms with Crippen molar-refractivity contribution in [2.24, 2.45) is 0 Å². The van der Waals surface area contributed by atoms with Crippen molar-refractivity contribution in [2.45, 2.75) is 71.2 Å². The lowest BCUT2D eigenvalue weighted by Crippen LogP contribution is -2.52. The second-order valence-corrected chi connectivity index (χ2v) is 8.41. The summed E-state index contributed by atoms with van der Waals surface area (Å²) in [5, 5.41) is 14.3. The molecule has 0 spiro atoms. The maximum atomic E-state index is 12.1. The Morgan fingerprint density at radius 2 is 1.31 bits per heavy atom. The van der Waals surface area contributed by atoms with Crippen molar-refractivity contribution in [3.05, 3.63) is 0 Å². The predicted molar refractivity (Wildman–Crippen MR) is 95.0 cm³/mol. The summed E-state index contributed by atoms with van der Waals surface area (Å²) in [6.07, 6.45) is -1.18. The third kappa shape index (κ3) is 8.89. The molecule has 1 aliphatic rings. The first-order valence-electron chi connectivity index (χ1n) is 8.68. The molecule has 1 fully saturated rings. The largest absolute Gasteiger partial charge is 0.481 e. The highest BCUT2D eigenvalue weighted by molar-refractivity contribution is 5.70. The van der Waals surface area contributed by atoms with Crippen LogP contribution in [-0.4, -0.2) is 71.1 Å². The zero-order valence-corrected chi connectivity index (χ0v) is 16.4. The minimum absolute atomic E-state index is 0.0156. The van der Waals surface area contributed by atoms with Crippen molar-refractivity contribution in [1.82, 2.24) is 15.5 Å². The van der Waals surface area contributed by atoms with Crippen molar-refractivity contribution in [1.29, 1.82) is 0 Å². The maximum Gasteiger partial charge on any atom is 0.407 e. The van der Waals surface area contributed by atoms with E-state index in [1.807, 2.05) is 4.90 Å². The minimum Gasteiger partial charge on any atom is -0.481 e. The molecule has 0 radical (unpaired) electrons. The van der Waals surface area contributed by atoms with Gasteiger partial charge in [0, 0.05) is 19.6 Å². The number of aliphatic carboxylic acids is 1. The van der Waals surface area contributed by atoms with Crippen LogP contribution >= 0.6 is 0 Å². The Morgan fingerprint density at radius 1 is 0.923 bits per heavy atom. The Hall–Kier alpha value is -2.03. The van der Waals surface area contributed by atoms with Gasteiger partial charge in [-0.1, -0.05) is 0 Å². The van der Waals surface area contributed by atoms with E-state index < -0.39 is 41.4 Å². The molecule has 0 bridgehead atoms. The lowest BCUT2D eigenvalue weighted by Gasteiger charge is -2.26. The number of amides is 2. The molecule has 9 heteroatoms. The van der Waals surface area contributed by atoms with Crippen molar-refractivity contribution >= 4 is 18.2 Å². The number of carbonyl (C=O) groups is 3. The highest BCUT2D eigenvalue weighted by Crippen LogP contribution is 2.14. The Balaban J connectivity index is 2.72. The fraction of sp³-hybridized carbons (Fsp3) is 0.824. The number of hydrogen-bond donors (Lipinski definition) is 3. The van der Waals surface area contributed by atoms with Crippen LogP contribution in [0.15, 0.2) is 0 Å². The summed E-state index contributed by atoms with van der Waals surface area (Å²) in [7, 11) is 0. The third-order valence-corrected chi connectivity index (χ3v) is 3.44. The van der Waals surface area contributed by atoms with Gasteiger partial charge in [-0.05, 0) is 41.5 Å². The van der Waals surface area contributed by atoms with E-state index in [9.17, 15) is 14.4 Å². The van der Waals surface area contributed by atoms with E-state index in [0.717, 1.165) is 0 Å². The number of likely N-dealkylation sites (tertiary alicyclic amines) is 1. The van der Waals surface area contributed by atoms with Crippen LogP contribution in [0.5, 0.6) is 0 Å². The van der Waals surface area contributed by atoms with Gasteiger partial charge in [-0.2, -0.15) is 0 Å². The van der Waals surface area contributed by atoms with Gasteiger partial charge in [0.25, 0.3) is 0 Å². The van der Waals surface area contributed by atoms with Crippen LogP contribution in [-0.2, 0) is 14.3 Å². The third-order valence-electron chi connectivity index (χ3n) is 3.44. The zero-order valence-electron chi connectivity index (χ0n) is 16.4. The lowest BCUT2D eigenvalue weighted by atomic mass is 10.1. The number of nitrogens with one attached hydrogen (secondary N) is 2. The minimum atomic E-state index is -0.898. The topological polar surface area (TPSA) is 117 Å². The number of hydrogen-bond acceptors (Lipinski definition) is 6. The summed E-state index contributed by atoms with van der Waals surface area (Å²) < 4.78 is 10.5. The number of carboxylic acid groups (broad SMARTS) is 1. The second-order valence-electron chi connectivity index (χ2n) is 8.41. The Kier molecular flexibility index (Phi) is 7.25. The molecular formula is C17H31N3O6. The molecule has 26 heavy (non-hydrogen) atoms. The summed E-state index contributed by atoms with van der Waals surface area (Å²) in [6.45, 7) is 11.7. The van der Waals surface area contributed by atoms with Gasteiger partial charge in [-0.15, -0.1) is 0 Å². The number of nitrogens with zero attached hydrogens (tertiary/aromatic N) is 1. The number of alkyl carbamates (subject to hydrolysis) is 2. The fourth-order valence-electron chi connectivity index (χ4n) is 2.53. The molecule has 2 atom stereocenters. The lowest BCUT2D eigenvalue weighted by molar-refractivity contribution is -0.137. The monoisotopic (exact) mass is 373 g/mol. The van der Waals surface area contributed by atoms with Gasteiger partial charge < -0.3 is 25.2 Å². The van der Waals surface area contributed by atoms with E-state index >= 15 is 0 Å². The Labute approximate surface area is 154 Å². The maximum absolute atomic E-state index is 12.1. The summed E-state index contributed by atoms with van der Waals surface area (Å²) in [4.78, 5) is 36.8. The van der Waals surface area contributed by atoms with E-state index in [4.69, 9.17) is 14.6 Å². The van der Waals surface area contributed by atoms with Gasteiger partial charge in [0.15, 0.2) is 0 Å². The van der Waals surface area contributed by atoms with Gasteiger partial charge >= 0.3 is 18.2 Å². The van der Waals surface area contributed by atoms with E-state index in [1.54, 1.807) is 41.5 Å². The van der Waals surface area contributed by atoms with Crippen molar-refractivity contribution in [3.8, 4) is 0 Å². The highest BCUT2D eigenvalue weighted by atomic mass is 16.6. The normalized spacial score (nSPS) is 21.2. The first-order chi connectivity index (χ1) is 11.7. The SMILES string of the molecule is CC(C)(C)OC(=O)N[C@@H]1CN(CCC(=O)O)C[C@H]1NC(=O)OC(C)(C)C. The molecule has 1 heterocycles. The van der Waals surface area contributed by atoms with Crippen LogP contribution in [0, 0.1) is 0 Å². The molecule has 2 amide bonds. The van der Waals surface area contributed by atoms with Crippen molar-refractivity contribution in [3.63, 3.8) is 0 Å². The molecular weight excluding hydrogens is 342 g/mol. The van der Waals surface area contributed by atoms with Crippen molar-refractivity contribution in [2.75, 3.05) is 19.6 Å². The van der Waals surface area contributed by atoms with E-state index in [-0.39, 0.29) is 6.42 Å². The van der Waals surface area contributed by atoms with Gasteiger partial charge in [-0.3, -0.25) is 9.69 Å². The van der Waals surface area contributed by atoms with Crippen LogP contribution in [0.25, 0.3) is 0 Å². The molecule has 0 aromatic rings. The average Bonchev–Trinajstić information content (AvgIpc) is 2.73.